The number of phenolic OH excluding ortho intramolecular Hbond substituents is 2. The van der Waals surface area contributed by atoms with Gasteiger partial charge in [0.05, 0.1) is 6.10 Å². The molecule has 1 aromatic rings. The van der Waals surface area contributed by atoms with E-state index in [-0.39, 0.29) is 11.5 Å². The first-order chi connectivity index (χ1) is 10.6. The Kier molecular flexibility index (Phi) is 8.58. The minimum atomic E-state index is -2.27. The lowest BCUT2D eigenvalue weighted by Gasteiger charge is -2.10. The summed E-state index contributed by atoms with van der Waals surface area (Å²) in [7, 11) is 1.73. The highest BCUT2D eigenvalue weighted by Crippen LogP contribution is 2.27. The Bertz CT molecular complexity index is 516. The highest BCUT2D eigenvalue weighted by molar-refractivity contribution is 5.83. The lowest BCUT2D eigenvalue weighted by molar-refractivity contribution is -0.165. The van der Waals surface area contributed by atoms with E-state index in [4.69, 9.17) is 30.6 Å². The predicted octanol–water partition coefficient (Wildman–Crippen LogP) is -1.77. The smallest absolute Gasteiger partial charge is 0.335 e. The average molecular weight is 333 g/mol. The quantitative estimate of drug-likeness (QED) is 0.277. The van der Waals surface area contributed by atoms with Gasteiger partial charge in [0.25, 0.3) is 0 Å². The number of benzene rings is 1. The molecule has 130 valence electrons. The minimum absolute atomic E-state index is 0.180. The van der Waals surface area contributed by atoms with E-state index in [2.05, 4.69) is 5.32 Å². The van der Waals surface area contributed by atoms with Gasteiger partial charge in [0.2, 0.25) is 0 Å². The summed E-state index contributed by atoms with van der Waals surface area (Å²) in [5.74, 6) is -3.93. The van der Waals surface area contributed by atoms with E-state index >= 15 is 0 Å². The summed E-state index contributed by atoms with van der Waals surface area (Å²) in [6.45, 7) is 0.407. The van der Waals surface area contributed by atoms with E-state index in [1.165, 1.54) is 12.1 Å². The fourth-order valence-electron chi connectivity index (χ4n) is 1.33. The van der Waals surface area contributed by atoms with E-state index in [9.17, 15) is 14.7 Å². The Hall–Kier alpha value is -2.40. The van der Waals surface area contributed by atoms with E-state index < -0.39 is 30.3 Å². The van der Waals surface area contributed by atoms with Crippen molar-refractivity contribution in [3.05, 3.63) is 23.8 Å². The first-order valence-corrected chi connectivity index (χ1v) is 6.28. The van der Waals surface area contributed by atoms with Crippen molar-refractivity contribution in [2.45, 2.75) is 18.3 Å². The first-order valence-electron chi connectivity index (χ1n) is 6.28. The summed E-state index contributed by atoms with van der Waals surface area (Å²) >= 11 is 0. The second kappa shape index (κ2) is 9.58. The number of hydrogen-bond acceptors (Lipinski definition) is 8. The third kappa shape index (κ3) is 6.93. The molecule has 0 aromatic heterocycles. The number of aliphatic hydroxyl groups is 3. The topological polar surface area (TPSA) is 188 Å². The summed E-state index contributed by atoms with van der Waals surface area (Å²) in [6.07, 6.45) is -5.20. The number of aliphatic carboxylic acids is 2. The van der Waals surface area contributed by atoms with Gasteiger partial charge in [0, 0.05) is 6.54 Å². The highest BCUT2D eigenvalue weighted by Gasteiger charge is 2.29. The van der Waals surface area contributed by atoms with Gasteiger partial charge in [-0.25, -0.2) is 9.59 Å². The number of carbonyl (C=O) groups is 2. The third-order valence-corrected chi connectivity index (χ3v) is 2.59. The largest absolute Gasteiger partial charge is 0.504 e. The van der Waals surface area contributed by atoms with Crippen molar-refractivity contribution in [2.24, 2.45) is 0 Å². The average Bonchev–Trinajstić information content (AvgIpc) is 2.49. The SMILES string of the molecule is CNC[C@@H](O)c1ccc(O)c(O)c1.O=C(O)[C@@H](O)[C@H](O)C(=O)O. The number of phenols is 2. The molecule has 0 saturated heterocycles. The van der Waals surface area contributed by atoms with Crippen LogP contribution in [0.4, 0.5) is 0 Å². The molecule has 0 amide bonds. The number of carboxylic acids is 2. The highest BCUT2D eigenvalue weighted by atomic mass is 16.4. The lowest BCUT2D eigenvalue weighted by Crippen LogP contribution is -2.39. The molecule has 10 nitrogen and oxygen atoms in total. The van der Waals surface area contributed by atoms with Crippen molar-refractivity contribution in [3.8, 4) is 11.5 Å². The third-order valence-electron chi connectivity index (χ3n) is 2.59. The molecule has 1 rings (SSSR count). The van der Waals surface area contributed by atoms with Crippen LogP contribution in [-0.2, 0) is 9.59 Å². The van der Waals surface area contributed by atoms with Crippen LogP contribution < -0.4 is 5.32 Å². The second-order valence-electron chi connectivity index (χ2n) is 4.39. The number of rotatable bonds is 6. The summed E-state index contributed by atoms with van der Waals surface area (Å²) < 4.78 is 0. The zero-order valence-electron chi connectivity index (χ0n) is 12.1. The second-order valence-corrected chi connectivity index (χ2v) is 4.39. The lowest BCUT2D eigenvalue weighted by atomic mass is 10.1. The number of likely N-dealkylation sites (N-methyl/N-ethyl adjacent to an activating group) is 1. The monoisotopic (exact) mass is 333 g/mol. The molecule has 23 heavy (non-hydrogen) atoms. The molecule has 0 heterocycles. The maximum atomic E-state index is 9.77. The van der Waals surface area contributed by atoms with Crippen molar-refractivity contribution >= 4 is 11.9 Å². The van der Waals surface area contributed by atoms with E-state index in [0.717, 1.165) is 0 Å². The molecule has 3 atom stereocenters. The molecular weight excluding hydrogens is 314 g/mol. The van der Waals surface area contributed by atoms with Crippen LogP contribution in [0.25, 0.3) is 0 Å². The van der Waals surface area contributed by atoms with Crippen molar-refractivity contribution < 1.29 is 45.3 Å². The Balaban J connectivity index is 0.000000438. The maximum absolute atomic E-state index is 9.77. The van der Waals surface area contributed by atoms with Crippen LogP contribution in [-0.4, -0.2) is 73.5 Å². The molecule has 0 aliphatic carbocycles. The van der Waals surface area contributed by atoms with Crippen LogP contribution in [0.15, 0.2) is 18.2 Å². The van der Waals surface area contributed by atoms with Gasteiger partial charge in [0.1, 0.15) is 0 Å². The van der Waals surface area contributed by atoms with Gasteiger partial charge >= 0.3 is 11.9 Å². The maximum Gasteiger partial charge on any atom is 0.335 e. The van der Waals surface area contributed by atoms with Gasteiger partial charge in [0.15, 0.2) is 23.7 Å². The summed E-state index contributed by atoms with van der Waals surface area (Å²) in [6, 6.07) is 4.26. The molecule has 0 unspecified atom stereocenters. The number of carboxylic acid groups (broad SMARTS) is 2. The van der Waals surface area contributed by atoms with Crippen LogP contribution in [0.1, 0.15) is 11.7 Å². The van der Waals surface area contributed by atoms with Crippen LogP contribution in [0.3, 0.4) is 0 Å². The van der Waals surface area contributed by atoms with E-state index in [1.54, 1.807) is 13.1 Å². The molecule has 0 saturated carbocycles. The Labute approximate surface area is 130 Å². The van der Waals surface area contributed by atoms with Gasteiger partial charge in [-0.2, -0.15) is 0 Å². The van der Waals surface area contributed by atoms with Crippen LogP contribution in [0.2, 0.25) is 0 Å². The van der Waals surface area contributed by atoms with E-state index in [0.29, 0.717) is 12.1 Å². The number of aliphatic hydroxyl groups excluding tert-OH is 3. The summed E-state index contributed by atoms with van der Waals surface area (Å²) in [5, 5.41) is 63.0. The van der Waals surface area contributed by atoms with Crippen molar-refractivity contribution in [1.82, 2.24) is 5.32 Å². The zero-order chi connectivity index (χ0) is 18.2. The molecule has 10 heteroatoms. The molecule has 0 radical (unpaired) electrons. The first kappa shape index (κ1) is 20.6. The fourth-order valence-corrected chi connectivity index (χ4v) is 1.33. The van der Waals surface area contributed by atoms with Crippen LogP contribution in [0, 0.1) is 0 Å². The molecular formula is C13H19NO9. The van der Waals surface area contributed by atoms with Crippen LogP contribution >= 0.6 is 0 Å². The van der Waals surface area contributed by atoms with Crippen molar-refractivity contribution in [3.63, 3.8) is 0 Å². The summed E-state index contributed by atoms with van der Waals surface area (Å²) in [4.78, 5) is 19.5. The zero-order valence-corrected chi connectivity index (χ0v) is 12.1. The molecule has 0 fully saturated rings. The number of nitrogens with one attached hydrogen (secondary N) is 1. The molecule has 0 aliphatic heterocycles. The number of hydrogen-bond donors (Lipinski definition) is 8. The standard InChI is InChI=1S/C9H13NO3.C4H6O6/c1-10-5-9(13)6-2-3-7(11)8(12)4-6;5-1(3(7)8)2(6)4(9)10/h2-4,9-13H,5H2,1H3;1-2,5-6H,(H,7,8)(H,9,10)/t9-;1-,2-/m10/s1. The molecule has 0 aliphatic rings. The number of aromatic hydroxyl groups is 2. The minimum Gasteiger partial charge on any atom is -0.504 e. The van der Waals surface area contributed by atoms with Gasteiger partial charge in [-0.1, -0.05) is 6.07 Å². The Morgan fingerprint density at radius 2 is 1.48 bits per heavy atom. The molecule has 8 N–H and O–H groups in total. The predicted molar refractivity (Wildman–Crippen MR) is 75.9 cm³/mol. The van der Waals surface area contributed by atoms with E-state index in [1.807, 2.05) is 0 Å². The Morgan fingerprint density at radius 3 is 1.83 bits per heavy atom. The molecule has 1 aromatic carbocycles. The summed E-state index contributed by atoms with van der Waals surface area (Å²) in [5.41, 5.74) is 0.574. The van der Waals surface area contributed by atoms with Crippen LogP contribution in [0.5, 0.6) is 11.5 Å². The normalized spacial score (nSPS) is 14.1. The Morgan fingerprint density at radius 1 is 1.00 bits per heavy atom. The fraction of sp³-hybridized carbons (Fsp3) is 0.385. The van der Waals surface area contributed by atoms with Gasteiger partial charge in [-0.15, -0.1) is 0 Å². The molecule has 0 bridgehead atoms. The van der Waals surface area contributed by atoms with Gasteiger partial charge < -0.3 is 41.1 Å². The van der Waals surface area contributed by atoms with Crippen molar-refractivity contribution in [1.29, 1.82) is 0 Å². The van der Waals surface area contributed by atoms with Crippen molar-refractivity contribution in [2.75, 3.05) is 13.6 Å². The van der Waals surface area contributed by atoms with Gasteiger partial charge in [-0.3, -0.25) is 0 Å². The molecule has 0 spiro atoms. The van der Waals surface area contributed by atoms with Gasteiger partial charge in [-0.05, 0) is 24.7 Å².